The van der Waals surface area contributed by atoms with Gasteiger partial charge in [0.25, 0.3) is 5.91 Å². The predicted octanol–water partition coefficient (Wildman–Crippen LogP) is 2.22. The Morgan fingerprint density at radius 3 is 2.52 bits per heavy atom. The molecular formula is C20H20N2O5. The summed E-state index contributed by atoms with van der Waals surface area (Å²) in [4.78, 5) is 36.8. The van der Waals surface area contributed by atoms with Crippen molar-refractivity contribution in [2.45, 2.75) is 13.0 Å². The summed E-state index contributed by atoms with van der Waals surface area (Å²) in [6, 6.07) is 16.5. The Kier molecular flexibility index (Phi) is 5.71. The highest BCUT2D eigenvalue weighted by atomic mass is 16.6. The minimum absolute atomic E-state index is 0.264. The van der Waals surface area contributed by atoms with Crippen molar-refractivity contribution in [3.63, 3.8) is 0 Å². The highest BCUT2D eigenvalue weighted by Gasteiger charge is 2.31. The first kappa shape index (κ1) is 18.4. The Morgan fingerprint density at radius 2 is 1.81 bits per heavy atom. The van der Waals surface area contributed by atoms with Crippen molar-refractivity contribution in [3.05, 3.63) is 54.6 Å². The van der Waals surface area contributed by atoms with Gasteiger partial charge in [-0.1, -0.05) is 48.5 Å². The third-order valence-electron chi connectivity index (χ3n) is 4.10. The van der Waals surface area contributed by atoms with Crippen LogP contribution >= 0.6 is 0 Å². The fourth-order valence-electron chi connectivity index (χ4n) is 2.77. The zero-order chi connectivity index (χ0) is 19.2. The molecule has 0 radical (unpaired) electrons. The lowest BCUT2D eigenvalue weighted by Gasteiger charge is -2.18. The van der Waals surface area contributed by atoms with Gasteiger partial charge in [-0.05, 0) is 18.6 Å². The van der Waals surface area contributed by atoms with Crippen molar-refractivity contribution in [3.8, 4) is 16.9 Å². The minimum atomic E-state index is -1.06. The summed E-state index contributed by atoms with van der Waals surface area (Å²) in [7, 11) is 0. The fraction of sp³-hybridized carbons (Fsp3) is 0.250. The number of amides is 3. The molecule has 1 N–H and O–H groups in total. The van der Waals surface area contributed by atoms with Gasteiger partial charge in [0.1, 0.15) is 5.75 Å². The number of ether oxygens (including phenoxy) is 2. The zero-order valence-corrected chi connectivity index (χ0v) is 14.9. The molecule has 2 aromatic rings. The maximum atomic E-state index is 12.2. The van der Waals surface area contributed by atoms with E-state index in [0.717, 1.165) is 16.0 Å². The first-order valence-electron chi connectivity index (χ1n) is 8.62. The monoisotopic (exact) mass is 368 g/mol. The molecule has 0 aliphatic carbocycles. The second-order valence-electron chi connectivity index (χ2n) is 6.00. The van der Waals surface area contributed by atoms with Crippen molar-refractivity contribution in [1.29, 1.82) is 0 Å². The molecule has 0 aromatic heterocycles. The van der Waals surface area contributed by atoms with Crippen LogP contribution in [0.25, 0.3) is 11.1 Å². The summed E-state index contributed by atoms with van der Waals surface area (Å²) in [6.07, 6.45) is -1.06. The number of benzene rings is 2. The van der Waals surface area contributed by atoms with Gasteiger partial charge in [-0.25, -0.2) is 9.59 Å². The number of hydrogen-bond acceptors (Lipinski definition) is 5. The normalized spacial score (nSPS) is 14.4. The smallest absolute Gasteiger partial charge is 0.344 e. The van der Waals surface area contributed by atoms with E-state index in [9.17, 15) is 14.4 Å². The average molecular weight is 368 g/mol. The Balaban J connectivity index is 1.58. The third-order valence-corrected chi connectivity index (χ3v) is 4.10. The highest BCUT2D eigenvalue weighted by molar-refractivity contribution is 5.98. The molecule has 1 unspecified atom stereocenters. The van der Waals surface area contributed by atoms with Gasteiger partial charge >= 0.3 is 12.0 Å². The first-order valence-corrected chi connectivity index (χ1v) is 8.62. The molecule has 2 aromatic carbocycles. The molecule has 0 bridgehead atoms. The molecule has 1 heterocycles. The van der Waals surface area contributed by atoms with Crippen LogP contribution in [0.5, 0.6) is 5.75 Å². The summed E-state index contributed by atoms with van der Waals surface area (Å²) in [5, 5.41) is 2.53. The number of esters is 1. The standard InChI is InChI=1S/C20H20N2O5/c1-14(19(24)22-12-11-21-20(22)25)27-18(23)13-26-17-10-6-5-9-16(17)15-7-3-2-4-8-15/h2-10,14H,11-13H2,1H3,(H,21,25). The third kappa shape index (κ3) is 4.44. The van der Waals surface area contributed by atoms with Gasteiger partial charge in [0, 0.05) is 18.7 Å². The van der Waals surface area contributed by atoms with Crippen LogP contribution in [0.2, 0.25) is 0 Å². The van der Waals surface area contributed by atoms with Crippen LogP contribution in [-0.2, 0) is 14.3 Å². The molecule has 3 rings (SSSR count). The summed E-state index contributed by atoms with van der Waals surface area (Å²) < 4.78 is 10.7. The van der Waals surface area contributed by atoms with Gasteiger partial charge in [0.05, 0.1) is 0 Å². The Bertz CT molecular complexity index is 837. The van der Waals surface area contributed by atoms with Gasteiger partial charge in [0.15, 0.2) is 12.7 Å². The van der Waals surface area contributed by atoms with E-state index in [1.807, 2.05) is 48.5 Å². The predicted molar refractivity (Wildman–Crippen MR) is 98.0 cm³/mol. The van der Waals surface area contributed by atoms with E-state index in [0.29, 0.717) is 12.3 Å². The van der Waals surface area contributed by atoms with E-state index in [-0.39, 0.29) is 13.2 Å². The minimum Gasteiger partial charge on any atom is -0.481 e. The topological polar surface area (TPSA) is 84.9 Å². The van der Waals surface area contributed by atoms with Crippen LogP contribution in [-0.4, -0.2) is 48.6 Å². The van der Waals surface area contributed by atoms with Crippen LogP contribution in [0.15, 0.2) is 54.6 Å². The van der Waals surface area contributed by atoms with E-state index in [2.05, 4.69) is 5.32 Å². The number of imide groups is 1. The number of para-hydroxylation sites is 1. The lowest BCUT2D eigenvalue weighted by Crippen LogP contribution is -2.42. The van der Waals surface area contributed by atoms with Gasteiger partial charge in [-0.2, -0.15) is 0 Å². The molecular weight excluding hydrogens is 348 g/mol. The molecule has 3 amide bonds. The number of rotatable bonds is 6. The van der Waals surface area contributed by atoms with E-state index in [1.165, 1.54) is 6.92 Å². The molecule has 1 aliphatic heterocycles. The number of carbonyl (C=O) groups excluding carboxylic acids is 3. The number of nitrogens with one attached hydrogen (secondary N) is 1. The molecule has 140 valence electrons. The van der Waals surface area contributed by atoms with Crippen molar-refractivity contribution in [1.82, 2.24) is 10.2 Å². The SMILES string of the molecule is CC(OC(=O)COc1ccccc1-c1ccccc1)C(=O)N1CCNC1=O. The first-order chi connectivity index (χ1) is 13.1. The summed E-state index contributed by atoms with van der Waals surface area (Å²) in [6.45, 7) is 1.75. The second-order valence-corrected chi connectivity index (χ2v) is 6.00. The molecule has 1 aliphatic rings. The van der Waals surface area contributed by atoms with E-state index in [4.69, 9.17) is 9.47 Å². The average Bonchev–Trinajstić information content (AvgIpc) is 3.12. The van der Waals surface area contributed by atoms with E-state index in [1.54, 1.807) is 6.07 Å². The largest absolute Gasteiger partial charge is 0.481 e. The lowest BCUT2D eigenvalue weighted by atomic mass is 10.1. The summed E-state index contributed by atoms with van der Waals surface area (Å²) in [5.41, 5.74) is 1.81. The van der Waals surface area contributed by atoms with E-state index < -0.39 is 24.0 Å². The lowest BCUT2D eigenvalue weighted by molar-refractivity contribution is -0.159. The Hall–Kier alpha value is -3.35. The van der Waals surface area contributed by atoms with Gasteiger partial charge in [-0.15, -0.1) is 0 Å². The van der Waals surface area contributed by atoms with Crippen molar-refractivity contribution < 1.29 is 23.9 Å². The molecule has 27 heavy (non-hydrogen) atoms. The number of hydrogen-bond donors (Lipinski definition) is 1. The maximum absolute atomic E-state index is 12.2. The van der Waals surface area contributed by atoms with Crippen LogP contribution in [0.4, 0.5) is 4.79 Å². The van der Waals surface area contributed by atoms with Crippen LogP contribution < -0.4 is 10.1 Å². The van der Waals surface area contributed by atoms with Crippen LogP contribution in [0.1, 0.15) is 6.92 Å². The quantitative estimate of drug-likeness (QED) is 0.791. The van der Waals surface area contributed by atoms with Crippen molar-refractivity contribution in [2.75, 3.05) is 19.7 Å². The Morgan fingerprint density at radius 1 is 1.11 bits per heavy atom. The number of carbonyl (C=O) groups is 3. The van der Waals surface area contributed by atoms with Crippen molar-refractivity contribution >= 4 is 17.9 Å². The van der Waals surface area contributed by atoms with Gasteiger partial charge < -0.3 is 14.8 Å². The van der Waals surface area contributed by atoms with Crippen LogP contribution in [0, 0.1) is 0 Å². The van der Waals surface area contributed by atoms with Crippen LogP contribution in [0.3, 0.4) is 0 Å². The van der Waals surface area contributed by atoms with Crippen molar-refractivity contribution in [2.24, 2.45) is 0 Å². The number of nitrogens with zero attached hydrogens (tertiary/aromatic N) is 1. The molecule has 1 atom stereocenters. The summed E-state index contributed by atoms with van der Waals surface area (Å²) in [5.74, 6) is -0.695. The zero-order valence-electron chi connectivity index (χ0n) is 14.9. The highest BCUT2D eigenvalue weighted by Crippen LogP contribution is 2.29. The number of urea groups is 1. The molecule has 7 heteroatoms. The second kappa shape index (κ2) is 8.35. The molecule has 7 nitrogen and oxygen atoms in total. The van der Waals surface area contributed by atoms with Gasteiger partial charge in [-0.3, -0.25) is 9.69 Å². The molecule has 1 saturated heterocycles. The van der Waals surface area contributed by atoms with E-state index >= 15 is 0 Å². The Labute approximate surface area is 156 Å². The fourth-order valence-corrected chi connectivity index (χ4v) is 2.77. The molecule has 0 saturated carbocycles. The maximum Gasteiger partial charge on any atom is 0.344 e. The molecule has 0 spiro atoms. The van der Waals surface area contributed by atoms with Gasteiger partial charge in [0.2, 0.25) is 0 Å². The molecule has 1 fully saturated rings. The summed E-state index contributed by atoms with van der Waals surface area (Å²) >= 11 is 0.